The standard InChI is InChI=1S/C19H22N2O3/c1-3-12-20-18(22)15-6-8-16(9-7-15)19(23)21-13-14-4-10-17(24-2)11-5-14/h4-11H,3,12-13H2,1-2H3,(H,20,22)(H,21,23). The van der Waals surface area contributed by atoms with Crippen LogP contribution in [0.2, 0.25) is 0 Å². The highest BCUT2D eigenvalue weighted by atomic mass is 16.5. The molecule has 0 unspecified atom stereocenters. The minimum atomic E-state index is -0.175. The zero-order valence-corrected chi connectivity index (χ0v) is 14.0. The van der Waals surface area contributed by atoms with Crippen molar-refractivity contribution in [2.75, 3.05) is 13.7 Å². The third-order valence-electron chi connectivity index (χ3n) is 3.56. The second-order valence-electron chi connectivity index (χ2n) is 5.36. The number of hydrogen-bond acceptors (Lipinski definition) is 3. The molecule has 0 aliphatic rings. The molecule has 5 nitrogen and oxygen atoms in total. The minimum absolute atomic E-state index is 0.123. The Balaban J connectivity index is 1.90. The van der Waals surface area contributed by atoms with Gasteiger partial charge in [-0.05, 0) is 48.4 Å². The molecule has 0 aliphatic carbocycles. The van der Waals surface area contributed by atoms with E-state index in [1.165, 1.54) is 0 Å². The van der Waals surface area contributed by atoms with Gasteiger partial charge in [-0.2, -0.15) is 0 Å². The van der Waals surface area contributed by atoms with Crippen LogP contribution in [-0.4, -0.2) is 25.5 Å². The summed E-state index contributed by atoms with van der Waals surface area (Å²) in [5.74, 6) is 0.482. The van der Waals surface area contributed by atoms with Crippen LogP contribution in [-0.2, 0) is 6.54 Å². The number of amides is 2. The van der Waals surface area contributed by atoms with Gasteiger partial charge in [-0.1, -0.05) is 19.1 Å². The van der Waals surface area contributed by atoms with Gasteiger partial charge < -0.3 is 15.4 Å². The number of nitrogens with one attached hydrogen (secondary N) is 2. The van der Waals surface area contributed by atoms with Crippen molar-refractivity contribution in [1.29, 1.82) is 0 Å². The number of methoxy groups -OCH3 is 1. The highest BCUT2D eigenvalue weighted by Gasteiger charge is 2.08. The summed E-state index contributed by atoms with van der Waals surface area (Å²) in [5.41, 5.74) is 2.06. The first-order valence-electron chi connectivity index (χ1n) is 7.93. The lowest BCUT2D eigenvalue weighted by molar-refractivity contribution is 0.0940. The summed E-state index contributed by atoms with van der Waals surface area (Å²) in [6, 6.07) is 14.1. The molecule has 2 rings (SSSR count). The van der Waals surface area contributed by atoms with Gasteiger partial charge in [-0.25, -0.2) is 0 Å². The Hall–Kier alpha value is -2.82. The van der Waals surface area contributed by atoms with Crippen LogP contribution in [0.4, 0.5) is 0 Å². The van der Waals surface area contributed by atoms with Crippen molar-refractivity contribution in [3.63, 3.8) is 0 Å². The third kappa shape index (κ3) is 4.84. The number of ether oxygens (including phenoxy) is 1. The molecule has 0 fully saturated rings. The first-order chi connectivity index (χ1) is 11.6. The SMILES string of the molecule is CCCNC(=O)c1ccc(C(=O)NCc2ccc(OC)cc2)cc1. The Morgan fingerprint density at radius 3 is 1.92 bits per heavy atom. The van der Waals surface area contributed by atoms with Gasteiger partial charge in [0.25, 0.3) is 11.8 Å². The van der Waals surface area contributed by atoms with Crippen LogP contribution < -0.4 is 15.4 Å². The van der Waals surface area contributed by atoms with Crippen LogP contribution in [0, 0.1) is 0 Å². The van der Waals surface area contributed by atoms with Gasteiger partial charge >= 0.3 is 0 Å². The lowest BCUT2D eigenvalue weighted by Gasteiger charge is -2.07. The second kappa shape index (κ2) is 8.72. The van der Waals surface area contributed by atoms with Crippen LogP contribution in [0.3, 0.4) is 0 Å². The topological polar surface area (TPSA) is 67.4 Å². The average molecular weight is 326 g/mol. The van der Waals surface area contributed by atoms with Crippen LogP contribution in [0.5, 0.6) is 5.75 Å². The summed E-state index contributed by atoms with van der Waals surface area (Å²) >= 11 is 0. The van der Waals surface area contributed by atoms with Gasteiger partial charge in [0.1, 0.15) is 5.75 Å². The fraction of sp³-hybridized carbons (Fsp3) is 0.263. The maximum atomic E-state index is 12.2. The largest absolute Gasteiger partial charge is 0.497 e. The summed E-state index contributed by atoms with van der Waals surface area (Å²) in [6.07, 6.45) is 0.886. The van der Waals surface area contributed by atoms with Crippen molar-refractivity contribution in [3.05, 3.63) is 65.2 Å². The van der Waals surface area contributed by atoms with Crippen LogP contribution >= 0.6 is 0 Å². The molecule has 2 aromatic rings. The van der Waals surface area contributed by atoms with Gasteiger partial charge in [0.2, 0.25) is 0 Å². The van der Waals surface area contributed by atoms with E-state index in [2.05, 4.69) is 10.6 Å². The fourth-order valence-electron chi connectivity index (χ4n) is 2.14. The number of carbonyl (C=O) groups excluding carboxylic acids is 2. The quantitative estimate of drug-likeness (QED) is 0.822. The molecule has 0 heterocycles. The first-order valence-corrected chi connectivity index (χ1v) is 7.93. The zero-order valence-electron chi connectivity index (χ0n) is 14.0. The van der Waals surface area contributed by atoms with Crippen molar-refractivity contribution < 1.29 is 14.3 Å². The smallest absolute Gasteiger partial charge is 0.251 e. The minimum Gasteiger partial charge on any atom is -0.497 e. The van der Waals surface area contributed by atoms with Gasteiger partial charge in [0.05, 0.1) is 7.11 Å². The Kier molecular flexibility index (Phi) is 6.37. The highest BCUT2D eigenvalue weighted by Crippen LogP contribution is 2.11. The summed E-state index contributed by atoms with van der Waals surface area (Å²) in [5, 5.41) is 5.66. The van der Waals surface area contributed by atoms with Crippen molar-refractivity contribution in [1.82, 2.24) is 10.6 Å². The average Bonchev–Trinajstić information content (AvgIpc) is 2.64. The number of carbonyl (C=O) groups is 2. The molecule has 126 valence electrons. The molecule has 5 heteroatoms. The molecule has 2 aromatic carbocycles. The molecular weight excluding hydrogens is 304 g/mol. The molecule has 2 N–H and O–H groups in total. The zero-order chi connectivity index (χ0) is 17.4. The summed E-state index contributed by atoms with van der Waals surface area (Å²) in [6.45, 7) is 3.07. The predicted molar refractivity (Wildman–Crippen MR) is 93.2 cm³/mol. The molecular formula is C19H22N2O3. The lowest BCUT2D eigenvalue weighted by atomic mass is 10.1. The van der Waals surface area contributed by atoms with Crippen molar-refractivity contribution in [2.24, 2.45) is 0 Å². The molecule has 0 aromatic heterocycles. The number of hydrogen-bond donors (Lipinski definition) is 2. The normalized spacial score (nSPS) is 10.1. The molecule has 0 radical (unpaired) electrons. The Bertz CT molecular complexity index is 679. The summed E-state index contributed by atoms with van der Waals surface area (Å²) in [7, 11) is 1.61. The fourth-order valence-corrected chi connectivity index (χ4v) is 2.14. The highest BCUT2D eigenvalue weighted by molar-refractivity contribution is 5.97. The van der Waals surface area contributed by atoms with Gasteiger partial charge in [0.15, 0.2) is 0 Å². The van der Waals surface area contributed by atoms with E-state index in [4.69, 9.17) is 4.74 Å². The second-order valence-corrected chi connectivity index (χ2v) is 5.36. The number of benzene rings is 2. The van der Waals surface area contributed by atoms with Crippen molar-refractivity contribution in [2.45, 2.75) is 19.9 Å². The molecule has 24 heavy (non-hydrogen) atoms. The van der Waals surface area contributed by atoms with Gasteiger partial charge in [-0.15, -0.1) is 0 Å². The molecule has 0 saturated heterocycles. The van der Waals surface area contributed by atoms with Crippen LogP contribution in [0.15, 0.2) is 48.5 Å². The molecule has 0 aliphatic heterocycles. The van der Waals surface area contributed by atoms with Gasteiger partial charge in [-0.3, -0.25) is 9.59 Å². The van der Waals surface area contributed by atoms with Crippen LogP contribution in [0.25, 0.3) is 0 Å². The van der Waals surface area contributed by atoms with E-state index in [0.29, 0.717) is 24.2 Å². The van der Waals surface area contributed by atoms with E-state index in [1.54, 1.807) is 31.4 Å². The van der Waals surface area contributed by atoms with Gasteiger partial charge in [0, 0.05) is 24.2 Å². The first kappa shape index (κ1) is 17.5. The maximum Gasteiger partial charge on any atom is 0.251 e. The molecule has 0 spiro atoms. The monoisotopic (exact) mass is 326 g/mol. The third-order valence-corrected chi connectivity index (χ3v) is 3.56. The van der Waals surface area contributed by atoms with E-state index >= 15 is 0 Å². The van der Waals surface area contributed by atoms with Crippen LogP contribution in [0.1, 0.15) is 39.6 Å². The van der Waals surface area contributed by atoms with E-state index in [9.17, 15) is 9.59 Å². The predicted octanol–water partition coefficient (Wildman–Crippen LogP) is 2.77. The molecule has 0 saturated carbocycles. The molecule has 0 bridgehead atoms. The van der Waals surface area contributed by atoms with E-state index in [-0.39, 0.29) is 11.8 Å². The Labute approximate surface area is 142 Å². The van der Waals surface area contributed by atoms with E-state index in [0.717, 1.165) is 17.7 Å². The molecule has 0 atom stereocenters. The Morgan fingerprint density at radius 1 is 0.875 bits per heavy atom. The maximum absolute atomic E-state index is 12.2. The number of rotatable bonds is 7. The van der Waals surface area contributed by atoms with Crippen molar-refractivity contribution >= 4 is 11.8 Å². The summed E-state index contributed by atoms with van der Waals surface area (Å²) in [4.78, 5) is 24.0. The lowest BCUT2D eigenvalue weighted by Crippen LogP contribution is -2.25. The summed E-state index contributed by atoms with van der Waals surface area (Å²) < 4.78 is 5.10. The van der Waals surface area contributed by atoms with E-state index in [1.807, 2.05) is 31.2 Å². The van der Waals surface area contributed by atoms with Crippen molar-refractivity contribution in [3.8, 4) is 5.75 Å². The van der Waals surface area contributed by atoms with E-state index < -0.39 is 0 Å². The Morgan fingerprint density at radius 2 is 1.42 bits per heavy atom. The molecule has 2 amide bonds.